The second kappa shape index (κ2) is 11.5. The Labute approximate surface area is 183 Å². The maximum Gasteiger partial charge on any atom is 0.261 e. The van der Waals surface area contributed by atoms with E-state index in [1.54, 1.807) is 32.2 Å². The van der Waals surface area contributed by atoms with Crippen LogP contribution in [0.5, 0.6) is 11.5 Å². The number of benzene rings is 2. The largest absolute Gasteiger partial charge is 0.497 e. The van der Waals surface area contributed by atoms with E-state index in [0.717, 1.165) is 17.5 Å². The van der Waals surface area contributed by atoms with Gasteiger partial charge in [-0.1, -0.05) is 30.7 Å². The molecule has 30 heavy (non-hydrogen) atoms. The zero-order valence-electron chi connectivity index (χ0n) is 17.9. The van der Waals surface area contributed by atoms with Crippen LogP contribution < -0.4 is 14.8 Å². The summed E-state index contributed by atoms with van der Waals surface area (Å²) in [5, 5.41) is 3.48. The van der Waals surface area contributed by atoms with Gasteiger partial charge in [-0.05, 0) is 61.7 Å². The molecule has 6 nitrogen and oxygen atoms in total. The average Bonchev–Trinajstić information content (AvgIpc) is 2.76. The summed E-state index contributed by atoms with van der Waals surface area (Å²) in [7, 11) is 1.59. The fraction of sp³-hybridized carbons (Fsp3) is 0.391. The van der Waals surface area contributed by atoms with E-state index in [2.05, 4.69) is 5.32 Å². The number of amides is 2. The molecular formula is C23H29ClN2O4. The molecule has 1 atom stereocenters. The number of rotatable bonds is 10. The molecule has 0 saturated carbocycles. The lowest BCUT2D eigenvalue weighted by atomic mass is 10.1. The summed E-state index contributed by atoms with van der Waals surface area (Å²) in [6.07, 6.45) is 0.821. The summed E-state index contributed by atoms with van der Waals surface area (Å²) in [5.41, 5.74) is 1.72. The van der Waals surface area contributed by atoms with Crippen molar-refractivity contribution >= 4 is 23.4 Å². The van der Waals surface area contributed by atoms with Crippen LogP contribution in [0.15, 0.2) is 42.5 Å². The fourth-order valence-corrected chi connectivity index (χ4v) is 3.00. The Morgan fingerprint density at radius 3 is 2.60 bits per heavy atom. The molecule has 0 saturated heterocycles. The van der Waals surface area contributed by atoms with Gasteiger partial charge in [0.05, 0.1) is 7.11 Å². The summed E-state index contributed by atoms with van der Waals surface area (Å²) in [6.45, 7) is 6.20. The minimum absolute atomic E-state index is 0.184. The van der Waals surface area contributed by atoms with Crippen molar-refractivity contribution in [3.8, 4) is 11.5 Å². The number of aryl methyl sites for hydroxylation is 1. The van der Waals surface area contributed by atoms with E-state index in [0.29, 0.717) is 23.1 Å². The number of methoxy groups -OCH3 is 1. The number of carbonyl (C=O) groups excluding carboxylic acids is 2. The lowest BCUT2D eigenvalue weighted by molar-refractivity contribution is -0.142. The Morgan fingerprint density at radius 1 is 1.17 bits per heavy atom. The molecular weight excluding hydrogens is 404 g/mol. The van der Waals surface area contributed by atoms with Crippen molar-refractivity contribution < 1.29 is 19.1 Å². The maximum atomic E-state index is 13.0. The molecule has 0 bridgehead atoms. The molecule has 0 fully saturated rings. The van der Waals surface area contributed by atoms with Gasteiger partial charge in [-0.3, -0.25) is 9.59 Å². The van der Waals surface area contributed by atoms with Gasteiger partial charge in [-0.25, -0.2) is 0 Å². The quantitative estimate of drug-likeness (QED) is 0.616. The first kappa shape index (κ1) is 23.5. The molecule has 0 radical (unpaired) electrons. The van der Waals surface area contributed by atoms with E-state index < -0.39 is 6.04 Å². The smallest absolute Gasteiger partial charge is 0.261 e. The van der Waals surface area contributed by atoms with Crippen molar-refractivity contribution in [2.45, 2.75) is 39.8 Å². The van der Waals surface area contributed by atoms with Crippen LogP contribution in [0.2, 0.25) is 5.02 Å². The first-order chi connectivity index (χ1) is 14.3. The van der Waals surface area contributed by atoms with Gasteiger partial charge < -0.3 is 19.7 Å². The molecule has 0 aliphatic rings. The van der Waals surface area contributed by atoms with E-state index >= 15 is 0 Å². The molecule has 0 spiro atoms. The van der Waals surface area contributed by atoms with Crippen molar-refractivity contribution in [1.82, 2.24) is 10.2 Å². The van der Waals surface area contributed by atoms with Gasteiger partial charge in [-0.2, -0.15) is 0 Å². The maximum absolute atomic E-state index is 13.0. The van der Waals surface area contributed by atoms with Gasteiger partial charge in [0, 0.05) is 18.1 Å². The van der Waals surface area contributed by atoms with Crippen molar-refractivity contribution in [2.75, 3.05) is 20.3 Å². The zero-order chi connectivity index (χ0) is 22.1. The van der Waals surface area contributed by atoms with E-state index in [4.69, 9.17) is 21.1 Å². The van der Waals surface area contributed by atoms with Crippen molar-refractivity contribution in [1.29, 1.82) is 0 Å². The lowest BCUT2D eigenvalue weighted by Crippen LogP contribution is -2.49. The van der Waals surface area contributed by atoms with Crippen LogP contribution in [-0.2, 0) is 16.1 Å². The number of nitrogens with one attached hydrogen (secondary N) is 1. The normalized spacial score (nSPS) is 11.5. The van der Waals surface area contributed by atoms with Crippen LogP contribution in [0.1, 0.15) is 31.4 Å². The number of halogens is 1. The van der Waals surface area contributed by atoms with E-state index in [1.807, 2.05) is 38.1 Å². The molecule has 2 aromatic carbocycles. The standard InChI is InChI=1S/C23H29ClN2O4/c1-5-11-25-23(28)17(3)26(14-18-7-6-8-19(13-18)29-4)22(27)15-30-20-9-10-21(24)16(2)12-20/h6-10,12-13,17H,5,11,14-15H2,1-4H3,(H,25,28)/t17-/m1/s1. The van der Waals surface area contributed by atoms with E-state index in [-0.39, 0.29) is 25.0 Å². The van der Waals surface area contributed by atoms with Gasteiger partial charge in [0.2, 0.25) is 5.91 Å². The number of hydrogen-bond acceptors (Lipinski definition) is 4. The van der Waals surface area contributed by atoms with Crippen molar-refractivity contribution in [3.05, 3.63) is 58.6 Å². The van der Waals surface area contributed by atoms with Gasteiger partial charge in [0.15, 0.2) is 6.61 Å². The Hall–Kier alpha value is -2.73. The Kier molecular flexibility index (Phi) is 8.99. The molecule has 162 valence electrons. The molecule has 0 aromatic heterocycles. The molecule has 0 unspecified atom stereocenters. The molecule has 2 rings (SSSR count). The topological polar surface area (TPSA) is 67.9 Å². The van der Waals surface area contributed by atoms with Crippen LogP contribution in [0.3, 0.4) is 0 Å². The molecule has 0 heterocycles. The monoisotopic (exact) mass is 432 g/mol. The van der Waals surface area contributed by atoms with Crippen LogP contribution in [0.4, 0.5) is 0 Å². The molecule has 7 heteroatoms. The van der Waals surface area contributed by atoms with Gasteiger partial charge in [-0.15, -0.1) is 0 Å². The summed E-state index contributed by atoms with van der Waals surface area (Å²) >= 11 is 6.04. The highest BCUT2D eigenvalue weighted by Gasteiger charge is 2.26. The third-order valence-electron chi connectivity index (χ3n) is 4.70. The first-order valence-electron chi connectivity index (χ1n) is 9.94. The number of hydrogen-bond donors (Lipinski definition) is 1. The average molecular weight is 433 g/mol. The minimum Gasteiger partial charge on any atom is -0.497 e. The van der Waals surface area contributed by atoms with Crippen LogP contribution in [-0.4, -0.2) is 43.0 Å². The number of nitrogens with zero attached hydrogens (tertiary/aromatic N) is 1. The molecule has 2 aromatic rings. The fourth-order valence-electron chi connectivity index (χ4n) is 2.88. The highest BCUT2D eigenvalue weighted by Crippen LogP contribution is 2.21. The summed E-state index contributed by atoms with van der Waals surface area (Å²) < 4.78 is 10.9. The predicted molar refractivity (Wildman–Crippen MR) is 118 cm³/mol. The van der Waals surface area contributed by atoms with Crippen molar-refractivity contribution in [2.24, 2.45) is 0 Å². The van der Waals surface area contributed by atoms with Gasteiger partial charge in [0.1, 0.15) is 17.5 Å². The lowest BCUT2D eigenvalue weighted by Gasteiger charge is -2.29. The SMILES string of the molecule is CCCNC(=O)[C@@H](C)N(Cc1cccc(OC)c1)C(=O)COc1ccc(Cl)c(C)c1. The molecule has 2 amide bonds. The Morgan fingerprint density at radius 2 is 1.93 bits per heavy atom. The van der Waals surface area contributed by atoms with Crippen LogP contribution >= 0.6 is 11.6 Å². The first-order valence-corrected chi connectivity index (χ1v) is 10.3. The third-order valence-corrected chi connectivity index (χ3v) is 5.12. The Bertz CT molecular complexity index is 872. The molecule has 1 N–H and O–H groups in total. The molecule has 0 aliphatic heterocycles. The number of carbonyl (C=O) groups is 2. The van der Waals surface area contributed by atoms with E-state index in [9.17, 15) is 9.59 Å². The van der Waals surface area contributed by atoms with Gasteiger partial charge >= 0.3 is 0 Å². The molecule has 0 aliphatic carbocycles. The second-order valence-corrected chi connectivity index (χ2v) is 7.45. The second-order valence-electron chi connectivity index (χ2n) is 7.04. The predicted octanol–water partition coefficient (Wildman–Crippen LogP) is 3.98. The van der Waals surface area contributed by atoms with Crippen LogP contribution in [0.25, 0.3) is 0 Å². The van der Waals surface area contributed by atoms with Crippen LogP contribution in [0, 0.1) is 6.92 Å². The minimum atomic E-state index is -0.647. The van der Waals surface area contributed by atoms with Crippen molar-refractivity contribution in [3.63, 3.8) is 0 Å². The zero-order valence-corrected chi connectivity index (χ0v) is 18.7. The summed E-state index contributed by atoms with van der Waals surface area (Å²) in [6, 6.07) is 12.0. The summed E-state index contributed by atoms with van der Waals surface area (Å²) in [4.78, 5) is 27.1. The number of ether oxygens (including phenoxy) is 2. The highest BCUT2D eigenvalue weighted by molar-refractivity contribution is 6.31. The Balaban J connectivity index is 2.16. The third kappa shape index (κ3) is 6.66. The van der Waals surface area contributed by atoms with Gasteiger partial charge in [0.25, 0.3) is 5.91 Å². The summed E-state index contributed by atoms with van der Waals surface area (Å²) in [5.74, 6) is 0.755. The highest BCUT2D eigenvalue weighted by atomic mass is 35.5. The van der Waals surface area contributed by atoms with E-state index in [1.165, 1.54) is 4.90 Å².